The molecule has 0 aliphatic rings. The van der Waals surface area contributed by atoms with Crippen molar-refractivity contribution in [3.63, 3.8) is 0 Å². The van der Waals surface area contributed by atoms with Crippen LogP contribution in [0.3, 0.4) is 0 Å². The number of esters is 1. The summed E-state index contributed by atoms with van der Waals surface area (Å²) in [6, 6.07) is 3.11. The Bertz CT molecular complexity index is 510. The quantitative estimate of drug-likeness (QED) is 0.778. The fraction of sp³-hybridized carbons (Fsp3) is 0.429. The van der Waals surface area contributed by atoms with E-state index >= 15 is 0 Å². The van der Waals surface area contributed by atoms with Crippen LogP contribution in [-0.2, 0) is 9.53 Å². The lowest BCUT2D eigenvalue weighted by molar-refractivity contribution is -0.142. The molecule has 5 nitrogen and oxygen atoms in total. The van der Waals surface area contributed by atoms with Crippen molar-refractivity contribution in [1.82, 2.24) is 5.32 Å². The minimum atomic E-state index is -0.750. The van der Waals surface area contributed by atoms with Gasteiger partial charge in [0.25, 0.3) is 5.91 Å². The second-order valence-corrected chi connectivity index (χ2v) is 5.17. The molecule has 0 aliphatic heterocycles. The van der Waals surface area contributed by atoms with Crippen LogP contribution in [0.15, 0.2) is 18.2 Å². The highest BCUT2D eigenvalue weighted by Gasteiger charge is 2.22. The van der Waals surface area contributed by atoms with Gasteiger partial charge in [0, 0.05) is 5.56 Å². The monoisotopic (exact) mass is 315 g/mol. The Morgan fingerprint density at radius 1 is 1.38 bits per heavy atom. The van der Waals surface area contributed by atoms with Gasteiger partial charge in [-0.3, -0.25) is 4.79 Å². The van der Waals surface area contributed by atoms with Crippen LogP contribution in [0.2, 0.25) is 0 Å². The first-order valence-electron chi connectivity index (χ1n) is 6.24. The van der Waals surface area contributed by atoms with Gasteiger partial charge in [0.05, 0.1) is 14.2 Å². The summed E-state index contributed by atoms with van der Waals surface area (Å²) < 4.78 is 23.0. The minimum absolute atomic E-state index is 0.0541. The Hall–Kier alpha value is -1.76. The molecule has 0 bridgehead atoms. The Kier molecular flexibility index (Phi) is 7.01. The Morgan fingerprint density at radius 3 is 2.62 bits per heavy atom. The molecular formula is C14H18FNO4S. The van der Waals surface area contributed by atoms with Crippen molar-refractivity contribution in [2.75, 3.05) is 26.2 Å². The molecule has 0 aliphatic carbocycles. The van der Waals surface area contributed by atoms with Crippen LogP contribution in [0.25, 0.3) is 0 Å². The van der Waals surface area contributed by atoms with Crippen molar-refractivity contribution >= 4 is 23.6 Å². The molecule has 1 atom stereocenters. The Balaban J connectivity index is 2.81. The lowest BCUT2D eigenvalue weighted by Gasteiger charge is -2.16. The Labute approximate surface area is 127 Å². The minimum Gasteiger partial charge on any atom is -0.494 e. The molecule has 0 saturated carbocycles. The summed E-state index contributed by atoms with van der Waals surface area (Å²) in [5.41, 5.74) is 0.117. The van der Waals surface area contributed by atoms with Gasteiger partial charge in [-0.2, -0.15) is 11.8 Å². The largest absolute Gasteiger partial charge is 0.494 e. The third kappa shape index (κ3) is 4.93. The number of amides is 1. The van der Waals surface area contributed by atoms with Gasteiger partial charge >= 0.3 is 5.97 Å². The van der Waals surface area contributed by atoms with Gasteiger partial charge in [-0.1, -0.05) is 0 Å². The molecule has 0 unspecified atom stereocenters. The van der Waals surface area contributed by atoms with E-state index in [1.165, 1.54) is 26.4 Å². The van der Waals surface area contributed by atoms with Crippen LogP contribution < -0.4 is 10.1 Å². The lowest BCUT2D eigenvalue weighted by atomic mass is 10.1. The third-order valence-electron chi connectivity index (χ3n) is 2.82. The molecule has 1 N–H and O–H groups in total. The molecule has 7 heteroatoms. The molecule has 1 aromatic rings. The zero-order chi connectivity index (χ0) is 15.8. The normalized spacial score (nSPS) is 11.6. The molecule has 116 valence electrons. The summed E-state index contributed by atoms with van der Waals surface area (Å²) in [6.07, 6.45) is 2.34. The molecule has 1 rings (SSSR count). The van der Waals surface area contributed by atoms with E-state index in [1.807, 2.05) is 6.26 Å². The molecule has 1 amide bonds. The van der Waals surface area contributed by atoms with Gasteiger partial charge in [-0.05, 0) is 36.6 Å². The number of halogens is 1. The van der Waals surface area contributed by atoms with Gasteiger partial charge in [0.1, 0.15) is 6.04 Å². The topological polar surface area (TPSA) is 64.6 Å². The number of benzene rings is 1. The van der Waals surface area contributed by atoms with Crippen molar-refractivity contribution < 1.29 is 23.5 Å². The van der Waals surface area contributed by atoms with Gasteiger partial charge in [0.15, 0.2) is 11.6 Å². The molecule has 0 radical (unpaired) electrons. The van der Waals surface area contributed by atoms with Gasteiger partial charge < -0.3 is 14.8 Å². The van der Waals surface area contributed by atoms with E-state index in [0.717, 1.165) is 6.07 Å². The number of hydrogen-bond donors (Lipinski definition) is 1. The van der Waals surface area contributed by atoms with Crippen LogP contribution in [0.5, 0.6) is 5.75 Å². The maximum Gasteiger partial charge on any atom is 0.328 e. The molecule has 0 fully saturated rings. The third-order valence-corrected chi connectivity index (χ3v) is 3.46. The number of carbonyl (C=O) groups is 2. The highest BCUT2D eigenvalue weighted by Crippen LogP contribution is 2.17. The van der Waals surface area contributed by atoms with E-state index in [1.54, 1.807) is 11.8 Å². The first-order valence-corrected chi connectivity index (χ1v) is 7.64. The van der Waals surface area contributed by atoms with E-state index in [-0.39, 0.29) is 11.3 Å². The summed E-state index contributed by atoms with van der Waals surface area (Å²) in [4.78, 5) is 23.7. The van der Waals surface area contributed by atoms with Crippen molar-refractivity contribution in [2.24, 2.45) is 0 Å². The predicted octanol–water partition coefficient (Wildman–Crippen LogP) is 1.86. The maximum atomic E-state index is 13.6. The number of hydrogen-bond acceptors (Lipinski definition) is 5. The van der Waals surface area contributed by atoms with Crippen molar-refractivity contribution in [2.45, 2.75) is 12.5 Å². The lowest BCUT2D eigenvalue weighted by Crippen LogP contribution is -2.42. The fourth-order valence-electron chi connectivity index (χ4n) is 1.68. The van der Waals surface area contributed by atoms with Crippen LogP contribution in [-0.4, -0.2) is 44.1 Å². The summed E-state index contributed by atoms with van der Waals surface area (Å²) in [5, 5.41) is 2.55. The van der Waals surface area contributed by atoms with E-state index in [4.69, 9.17) is 4.74 Å². The second kappa shape index (κ2) is 8.51. The van der Waals surface area contributed by atoms with E-state index in [0.29, 0.717) is 12.2 Å². The molecule has 0 saturated heterocycles. The molecule has 1 aromatic carbocycles. The molecule has 0 heterocycles. The molecule has 0 spiro atoms. The zero-order valence-corrected chi connectivity index (χ0v) is 13.0. The number of ether oxygens (including phenoxy) is 2. The number of thioether (sulfide) groups is 1. The predicted molar refractivity (Wildman–Crippen MR) is 79.2 cm³/mol. The number of rotatable bonds is 7. The standard InChI is InChI=1S/C14H18FNO4S/c1-19-12-5-4-9(8-10(12)15)13(17)16-11(6-7-21-3)14(18)20-2/h4-5,8,11H,6-7H2,1-3H3,(H,16,17)/t11-/m0/s1. The summed E-state index contributed by atoms with van der Waals surface area (Å²) in [7, 11) is 2.60. The SMILES string of the molecule is COC(=O)[C@H](CCSC)NC(=O)c1ccc(OC)c(F)c1. The highest BCUT2D eigenvalue weighted by molar-refractivity contribution is 7.98. The van der Waals surface area contributed by atoms with Crippen molar-refractivity contribution in [1.29, 1.82) is 0 Å². The maximum absolute atomic E-state index is 13.6. The number of carbonyl (C=O) groups excluding carboxylic acids is 2. The second-order valence-electron chi connectivity index (χ2n) is 4.18. The van der Waals surface area contributed by atoms with E-state index in [2.05, 4.69) is 10.1 Å². The van der Waals surface area contributed by atoms with Crippen LogP contribution in [0, 0.1) is 5.82 Å². The van der Waals surface area contributed by atoms with Crippen molar-refractivity contribution in [3.05, 3.63) is 29.6 Å². The smallest absolute Gasteiger partial charge is 0.328 e. The molecular weight excluding hydrogens is 297 g/mol. The average Bonchev–Trinajstić information content (AvgIpc) is 2.50. The number of methoxy groups -OCH3 is 2. The molecule has 0 aromatic heterocycles. The fourth-order valence-corrected chi connectivity index (χ4v) is 2.15. The van der Waals surface area contributed by atoms with Crippen LogP contribution in [0.1, 0.15) is 16.8 Å². The van der Waals surface area contributed by atoms with Gasteiger partial charge in [-0.15, -0.1) is 0 Å². The van der Waals surface area contributed by atoms with E-state index < -0.39 is 23.7 Å². The number of nitrogens with one attached hydrogen (secondary N) is 1. The van der Waals surface area contributed by atoms with Crippen molar-refractivity contribution in [3.8, 4) is 5.75 Å². The highest BCUT2D eigenvalue weighted by atomic mass is 32.2. The Morgan fingerprint density at radius 2 is 2.10 bits per heavy atom. The van der Waals surface area contributed by atoms with Gasteiger partial charge in [0.2, 0.25) is 0 Å². The van der Waals surface area contributed by atoms with E-state index in [9.17, 15) is 14.0 Å². The molecule has 21 heavy (non-hydrogen) atoms. The van der Waals surface area contributed by atoms with Crippen LogP contribution in [0.4, 0.5) is 4.39 Å². The summed E-state index contributed by atoms with van der Waals surface area (Å²) >= 11 is 1.55. The summed E-state index contributed by atoms with van der Waals surface area (Å²) in [6.45, 7) is 0. The van der Waals surface area contributed by atoms with Crippen LogP contribution >= 0.6 is 11.8 Å². The van der Waals surface area contributed by atoms with Gasteiger partial charge in [-0.25, -0.2) is 9.18 Å². The first kappa shape index (κ1) is 17.3. The summed E-state index contributed by atoms with van der Waals surface area (Å²) in [5.74, 6) is -0.946. The zero-order valence-electron chi connectivity index (χ0n) is 12.1. The average molecular weight is 315 g/mol. The first-order chi connectivity index (χ1) is 10.0.